The van der Waals surface area contributed by atoms with Gasteiger partial charge in [-0.1, -0.05) is 13.8 Å². The van der Waals surface area contributed by atoms with Crippen LogP contribution in [0.4, 0.5) is 0 Å². The second-order valence-electron chi connectivity index (χ2n) is 3.26. The lowest BCUT2D eigenvalue weighted by atomic mass is 10.1. The summed E-state index contributed by atoms with van der Waals surface area (Å²) in [7, 11) is 0. The summed E-state index contributed by atoms with van der Waals surface area (Å²) in [5.41, 5.74) is 5.20. The number of ether oxygens (including phenoxy) is 2. The summed E-state index contributed by atoms with van der Waals surface area (Å²) in [6.07, 6.45) is -1.71. The molecule has 1 saturated heterocycles. The summed E-state index contributed by atoms with van der Waals surface area (Å²) in [5.74, 6) is -1.14. The van der Waals surface area contributed by atoms with Crippen LogP contribution in [0.5, 0.6) is 0 Å². The highest BCUT2D eigenvalue weighted by Gasteiger charge is 2.38. The molecule has 0 aromatic heterocycles. The molecular weight excluding hydrogens is 174 g/mol. The van der Waals surface area contributed by atoms with E-state index in [0.29, 0.717) is 0 Å². The van der Waals surface area contributed by atoms with E-state index in [2.05, 4.69) is 0 Å². The van der Waals surface area contributed by atoms with Gasteiger partial charge in [0, 0.05) is 12.5 Å². The van der Waals surface area contributed by atoms with Crippen molar-refractivity contribution in [2.24, 2.45) is 11.7 Å². The number of hydrogen-bond donors (Lipinski definition) is 1. The number of cyclic esters (lactones) is 2. The SMILES string of the molecule is CC(C)C1OC(=O)C(CN)OC1=O. The topological polar surface area (TPSA) is 78.6 Å². The fourth-order valence-electron chi connectivity index (χ4n) is 1.06. The summed E-state index contributed by atoms with van der Waals surface area (Å²) in [6.45, 7) is 3.53. The molecule has 2 N–H and O–H groups in total. The van der Waals surface area contributed by atoms with Gasteiger partial charge in [-0.15, -0.1) is 0 Å². The normalized spacial score (nSPS) is 28.6. The van der Waals surface area contributed by atoms with Gasteiger partial charge in [-0.05, 0) is 0 Å². The molecule has 0 aromatic carbocycles. The first-order chi connectivity index (χ1) is 6.06. The predicted octanol–water partition coefficient (Wildman–Crippen LogP) is -0.562. The van der Waals surface area contributed by atoms with E-state index in [-0.39, 0.29) is 12.5 Å². The van der Waals surface area contributed by atoms with Crippen molar-refractivity contribution in [1.29, 1.82) is 0 Å². The minimum Gasteiger partial charge on any atom is -0.447 e. The molecule has 1 fully saturated rings. The molecule has 2 unspecified atom stereocenters. The van der Waals surface area contributed by atoms with Crippen LogP contribution in [-0.2, 0) is 19.1 Å². The molecule has 0 aliphatic carbocycles. The Bertz CT molecular complexity index is 226. The molecule has 1 heterocycles. The molecule has 2 atom stereocenters. The molecule has 5 heteroatoms. The smallest absolute Gasteiger partial charge is 0.349 e. The van der Waals surface area contributed by atoms with Crippen molar-refractivity contribution in [3.63, 3.8) is 0 Å². The maximum Gasteiger partial charge on any atom is 0.349 e. The molecule has 1 rings (SSSR count). The number of esters is 2. The average molecular weight is 187 g/mol. The number of carbonyl (C=O) groups is 2. The second kappa shape index (κ2) is 3.74. The fourth-order valence-corrected chi connectivity index (χ4v) is 1.06. The molecule has 0 amide bonds. The van der Waals surface area contributed by atoms with Crippen molar-refractivity contribution in [2.45, 2.75) is 26.1 Å². The molecule has 0 spiro atoms. The largest absolute Gasteiger partial charge is 0.447 e. The van der Waals surface area contributed by atoms with E-state index in [4.69, 9.17) is 15.2 Å². The summed E-state index contributed by atoms with van der Waals surface area (Å²) in [5, 5.41) is 0. The third kappa shape index (κ3) is 1.98. The zero-order valence-electron chi connectivity index (χ0n) is 7.65. The zero-order chi connectivity index (χ0) is 10.0. The Balaban J connectivity index is 2.67. The Kier molecular flexibility index (Phi) is 2.87. The fraction of sp³-hybridized carbons (Fsp3) is 0.750. The minimum atomic E-state index is -0.928. The van der Waals surface area contributed by atoms with Crippen LogP contribution in [0.3, 0.4) is 0 Å². The Morgan fingerprint density at radius 1 is 1.31 bits per heavy atom. The molecule has 0 radical (unpaired) electrons. The summed E-state index contributed by atoms with van der Waals surface area (Å²) in [6, 6.07) is 0. The zero-order valence-corrected chi connectivity index (χ0v) is 7.65. The van der Waals surface area contributed by atoms with Crippen molar-refractivity contribution in [3.05, 3.63) is 0 Å². The second-order valence-corrected chi connectivity index (χ2v) is 3.26. The number of nitrogens with two attached hydrogens (primary N) is 1. The van der Waals surface area contributed by atoms with E-state index in [1.165, 1.54) is 0 Å². The lowest BCUT2D eigenvalue weighted by Gasteiger charge is -2.28. The molecule has 0 saturated carbocycles. The van der Waals surface area contributed by atoms with Gasteiger partial charge in [0.15, 0.2) is 0 Å². The highest BCUT2D eigenvalue weighted by molar-refractivity contribution is 5.87. The van der Waals surface area contributed by atoms with Gasteiger partial charge in [-0.2, -0.15) is 0 Å². The molecule has 1 aliphatic rings. The quantitative estimate of drug-likeness (QED) is 0.586. The van der Waals surface area contributed by atoms with Gasteiger partial charge in [0.1, 0.15) is 0 Å². The number of rotatable bonds is 2. The van der Waals surface area contributed by atoms with Gasteiger partial charge in [0.05, 0.1) is 0 Å². The van der Waals surface area contributed by atoms with Crippen LogP contribution in [0.25, 0.3) is 0 Å². The molecule has 0 aromatic rings. The first-order valence-electron chi connectivity index (χ1n) is 4.17. The number of hydrogen-bond acceptors (Lipinski definition) is 5. The van der Waals surface area contributed by atoms with Crippen LogP contribution < -0.4 is 5.73 Å². The van der Waals surface area contributed by atoms with E-state index < -0.39 is 24.1 Å². The molecule has 13 heavy (non-hydrogen) atoms. The summed E-state index contributed by atoms with van der Waals surface area (Å²) >= 11 is 0. The van der Waals surface area contributed by atoms with Crippen LogP contribution >= 0.6 is 0 Å². The van der Waals surface area contributed by atoms with Gasteiger partial charge in [-0.25, -0.2) is 9.59 Å². The third-order valence-corrected chi connectivity index (χ3v) is 1.82. The van der Waals surface area contributed by atoms with Crippen molar-refractivity contribution in [1.82, 2.24) is 0 Å². The molecular formula is C8H13NO4. The van der Waals surface area contributed by atoms with Crippen molar-refractivity contribution < 1.29 is 19.1 Å². The van der Waals surface area contributed by atoms with Crippen LogP contribution in [0.15, 0.2) is 0 Å². The van der Waals surface area contributed by atoms with Gasteiger partial charge < -0.3 is 15.2 Å². The third-order valence-electron chi connectivity index (χ3n) is 1.82. The van der Waals surface area contributed by atoms with Gasteiger partial charge in [0.25, 0.3) is 0 Å². The minimum absolute atomic E-state index is 0.0324. The van der Waals surface area contributed by atoms with Gasteiger partial charge in [-0.3, -0.25) is 0 Å². The first kappa shape index (κ1) is 9.98. The van der Waals surface area contributed by atoms with Crippen LogP contribution in [-0.4, -0.2) is 30.7 Å². The summed E-state index contributed by atoms with van der Waals surface area (Å²) in [4.78, 5) is 22.3. The van der Waals surface area contributed by atoms with E-state index in [1.807, 2.05) is 0 Å². The highest BCUT2D eigenvalue weighted by Crippen LogP contribution is 2.16. The maximum absolute atomic E-state index is 11.2. The van der Waals surface area contributed by atoms with E-state index >= 15 is 0 Å². The van der Waals surface area contributed by atoms with Crippen LogP contribution in [0.1, 0.15) is 13.8 Å². The van der Waals surface area contributed by atoms with E-state index in [9.17, 15) is 9.59 Å². The highest BCUT2D eigenvalue weighted by atomic mass is 16.6. The standard InChI is InChI=1S/C8H13NO4/c1-4(2)6-8(11)12-5(3-9)7(10)13-6/h4-6H,3,9H2,1-2H3. The van der Waals surface area contributed by atoms with Crippen LogP contribution in [0, 0.1) is 5.92 Å². The molecule has 5 nitrogen and oxygen atoms in total. The predicted molar refractivity (Wildman–Crippen MR) is 43.7 cm³/mol. The van der Waals surface area contributed by atoms with Crippen LogP contribution in [0.2, 0.25) is 0 Å². The Hall–Kier alpha value is -1.10. The molecule has 1 aliphatic heterocycles. The van der Waals surface area contributed by atoms with Crippen molar-refractivity contribution >= 4 is 11.9 Å². The molecule has 74 valence electrons. The van der Waals surface area contributed by atoms with Gasteiger partial charge >= 0.3 is 11.9 Å². The summed E-state index contributed by atoms with van der Waals surface area (Å²) < 4.78 is 9.65. The van der Waals surface area contributed by atoms with Gasteiger partial charge in [0.2, 0.25) is 12.2 Å². The average Bonchev–Trinajstić information content (AvgIpc) is 2.07. The lowest BCUT2D eigenvalue weighted by Crippen LogP contribution is -2.48. The van der Waals surface area contributed by atoms with E-state index in [0.717, 1.165) is 0 Å². The van der Waals surface area contributed by atoms with Crippen molar-refractivity contribution in [2.75, 3.05) is 6.54 Å². The Morgan fingerprint density at radius 3 is 2.38 bits per heavy atom. The first-order valence-corrected chi connectivity index (χ1v) is 4.17. The Labute approximate surface area is 76.2 Å². The lowest BCUT2D eigenvalue weighted by molar-refractivity contribution is -0.197. The maximum atomic E-state index is 11.2. The van der Waals surface area contributed by atoms with E-state index in [1.54, 1.807) is 13.8 Å². The van der Waals surface area contributed by atoms with Crippen molar-refractivity contribution in [3.8, 4) is 0 Å². The number of carbonyl (C=O) groups excluding carboxylic acids is 2. The Morgan fingerprint density at radius 2 is 1.92 bits per heavy atom. The monoisotopic (exact) mass is 187 g/mol. The molecule has 0 bridgehead atoms.